The average Bonchev–Trinajstić information content (AvgIpc) is 2.72. The summed E-state index contributed by atoms with van der Waals surface area (Å²) in [4.78, 5) is 7.97. The maximum Gasteiger partial charge on any atom is 0.417 e. The van der Waals surface area contributed by atoms with Crippen molar-refractivity contribution in [1.29, 1.82) is 0 Å². The molecule has 1 aliphatic rings. The van der Waals surface area contributed by atoms with Crippen molar-refractivity contribution in [3.63, 3.8) is 0 Å². The number of aromatic nitrogens is 1. The summed E-state index contributed by atoms with van der Waals surface area (Å²) in [6, 6.07) is 10.2. The maximum atomic E-state index is 12.6. The SMILES string of the molecule is COc1ccc(CNC(=S)N2CCN(c3ccc(C(F)(F)F)cn3)CC2)cc1. The van der Waals surface area contributed by atoms with E-state index < -0.39 is 11.7 Å². The summed E-state index contributed by atoms with van der Waals surface area (Å²) in [7, 11) is 1.63. The number of thiocarbonyl (C=S) groups is 1. The third-order valence-electron chi connectivity index (χ3n) is 4.57. The minimum atomic E-state index is -4.37. The van der Waals surface area contributed by atoms with E-state index >= 15 is 0 Å². The highest BCUT2D eigenvalue weighted by molar-refractivity contribution is 7.80. The van der Waals surface area contributed by atoms with Crippen LogP contribution >= 0.6 is 12.2 Å². The van der Waals surface area contributed by atoms with Gasteiger partial charge in [0.2, 0.25) is 0 Å². The summed E-state index contributed by atoms with van der Waals surface area (Å²) in [5.41, 5.74) is 0.356. The molecule has 9 heteroatoms. The van der Waals surface area contributed by atoms with Crippen LogP contribution in [-0.2, 0) is 12.7 Å². The fraction of sp³-hybridized carbons (Fsp3) is 0.368. The second-order valence-electron chi connectivity index (χ2n) is 6.38. The Morgan fingerprint density at radius 2 is 1.79 bits per heavy atom. The van der Waals surface area contributed by atoms with Gasteiger partial charge in [0.1, 0.15) is 11.6 Å². The number of alkyl halides is 3. The van der Waals surface area contributed by atoms with Gasteiger partial charge in [0, 0.05) is 38.9 Å². The molecule has 0 saturated carbocycles. The third kappa shape index (κ3) is 5.03. The van der Waals surface area contributed by atoms with Crippen molar-refractivity contribution < 1.29 is 17.9 Å². The Kier molecular flexibility index (Phi) is 6.23. The number of piperazine rings is 1. The molecule has 1 aliphatic heterocycles. The number of hydrogen-bond donors (Lipinski definition) is 1. The predicted molar refractivity (Wildman–Crippen MR) is 105 cm³/mol. The highest BCUT2D eigenvalue weighted by Crippen LogP contribution is 2.29. The van der Waals surface area contributed by atoms with Gasteiger partial charge in [-0.15, -0.1) is 0 Å². The minimum absolute atomic E-state index is 0.546. The molecule has 0 bridgehead atoms. The third-order valence-corrected chi connectivity index (χ3v) is 4.97. The second kappa shape index (κ2) is 8.64. The molecule has 1 aromatic heterocycles. The van der Waals surface area contributed by atoms with Crippen molar-refractivity contribution in [2.24, 2.45) is 0 Å². The first-order valence-electron chi connectivity index (χ1n) is 8.81. The van der Waals surface area contributed by atoms with E-state index in [9.17, 15) is 13.2 Å². The van der Waals surface area contributed by atoms with Crippen LogP contribution in [0.15, 0.2) is 42.6 Å². The van der Waals surface area contributed by atoms with Gasteiger partial charge in [-0.3, -0.25) is 0 Å². The summed E-state index contributed by atoms with van der Waals surface area (Å²) < 4.78 is 43.1. The molecule has 0 unspecified atom stereocenters. The van der Waals surface area contributed by atoms with Gasteiger partial charge in [-0.2, -0.15) is 13.2 Å². The van der Waals surface area contributed by atoms with E-state index in [1.165, 1.54) is 6.07 Å². The van der Waals surface area contributed by atoms with Gasteiger partial charge in [-0.05, 0) is 42.0 Å². The lowest BCUT2D eigenvalue weighted by Crippen LogP contribution is -2.51. The van der Waals surface area contributed by atoms with Gasteiger partial charge in [0.15, 0.2) is 5.11 Å². The number of nitrogens with one attached hydrogen (secondary N) is 1. The van der Waals surface area contributed by atoms with Crippen molar-refractivity contribution in [2.45, 2.75) is 12.7 Å². The summed E-state index contributed by atoms with van der Waals surface area (Å²) in [6.07, 6.45) is -3.49. The maximum absolute atomic E-state index is 12.6. The zero-order valence-electron chi connectivity index (χ0n) is 15.4. The largest absolute Gasteiger partial charge is 0.497 e. The lowest BCUT2D eigenvalue weighted by molar-refractivity contribution is -0.137. The Morgan fingerprint density at radius 3 is 2.32 bits per heavy atom. The van der Waals surface area contributed by atoms with Crippen LogP contribution in [0.1, 0.15) is 11.1 Å². The molecule has 1 saturated heterocycles. The highest BCUT2D eigenvalue weighted by atomic mass is 32.1. The van der Waals surface area contributed by atoms with Crippen molar-refractivity contribution in [1.82, 2.24) is 15.2 Å². The van der Waals surface area contributed by atoms with Gasteiger partial charge < -0.3 is 19.9 Å². The van der Waals surface area contributed by atoms with Gasteiger partial charge in [0.05, 0.1) is 12.7 Å². The molecule has 0 amide bonds. The van der Waals surface area contributed by atoms with Crippen LogP contribution < -0.4 is 15.0 Å². The number of ether oxygens (including phenoxy) is 1. The first-order valence-corrected chi connectivity index (χ1v) is 9.21. The van der Waals surface area contributed by atoms with Crippen molar-refractivity contribution in [2.75, 3.05) is 38.2 Å². The van der Waals surface area contributed by atoms with Crippen LogP contribution in [-0.4, -0.2) is 48.3 Å². The fourth-order valence-corrected chi connectivity index (χ4v) is 3.17. The molecule has 28 heavy (non-hydrogen) atoms. The zero-order valence-corrected chi connectivity index (χ0v) is 16.2. The summed E-state index contributed by atoms with van der Waals surface area (Å²) >= 11 is 5.47. The Labute approximate surface area is 167 Å². The Hall–Kier alpha value is -2.55. The lowest BCUT2D eigenvalue weighted by Gasteiger charge is -2.36. The summed E-state index contributed by atoms with van der Waals surface area (Å²) in [6.45, 7) is 3.25. The number of hydrogen-bond acceptors (Lipinski definition) is 4. The Bertz CT molecular complexity index is 788. The molecule has 0 radical (unpaired) electrons. The van der Waals surface area contributed by atoms with Gasteiger partial charge >= 0.3 is 6.18 Å². The van der Waals surface area contributed by atoms with E-state index in [2.05, 4.69) is 15.2 Å². The number of nitrogens with zero attached hydrogens (tertiary/aromatic N) is 3. The Balaban J connectivity index is 1.48. The standard InChI is InChI=1S/C19H21F3N4OS/c1-27-16-5-2-14(3-6-16)12-24-18(28)26-10-8-25(9-11-26)17-7-4-15(13-23-17)19(20,21)22/h2-7,13H,8-12H2,1H3,(H,24,28). The second-order valence-corrected chi connectivity index (χ2v) is 6.77. The molecule has 5 nitrogen and oxygen atoms in total. The Morgan fingerprint density at radius 1 is 1.11 bits per heavy atom. The van der Waals surface area contributed by atoms with E-state index in [1.807, 2.05) is 29.2 Å². The predicted octanol–water partition coefficient (Wildman–Crippen LogP) is 3.31. The van der Waals surface area contributed by atoms with E-state index in [0.717, 1.165) is 23.6 Å². The number of anilines is 1. The first kappa shape index (κ1) is 20.2. The molecule has 1 aromatic carbocycles. The number of halogens is 3. The first-order chi connectivity index (χ1) is 13.4. The number of pyridine rings is 1. The van der Waals surface area contributed by atoms with Crippen LogP contribution in [0.5, 0.6) is 5.75 Å². The van der Waals surface area contributed by atoms with Crippen LogP contribution in [0.3, 0.4) is 0 Å². The van der Waals surface area contributed by atoms with Crippen LogP contribution in [0, 0.1) is 0 Å². The number of benzene rings is 1. The zero-order chi connectivity index (χ0) is 20.1. The summed E-state index contributed by atoms with van der Waals surface area (Å²) in [5.74, 6) is 1.35. The van der Waals surface area contributed by atoms with E-state index in [0.29, 0.717) is 43.7 Å². The molecule has 1 N–H and O–H groups in total. The van der Waals surface area contributed by atoms with Crippen LogP contribution in [0.2, 0.25) is 0 Å². The van der Waals surface area contributed by atoms with E-state index in [-0.39, 0.29) is 0 Å². The molecule has 3 rings (SSSR count). The quantitative estimate of drug-likeness (QED) is 0.780. The summed E-state index contributed by atoms with van der Waals surface area (Å²) in [5, 5.41) is 3.91. The molecule has 2 aromatic rings. The van der Waals surface area contributed by atoms with Crippen molar-refractivity contribution >= 4 is 23.1 Å². The minimum Gasteiger partial charge on any atom is -0.497 e. The molecule has 0 aliphatic carbocycles. The number of rotatable bonds is 4. The monoisotopic (exact) mass is 410 g/mol. The van der Waals surface area contributed by atoms with Crippen LogP contribution in [0.4, 0.5) is 19.0 Å². The van der Waals surface area contributed by atoms with Gasteiger partial charge in [0.25, 0.3) is 0 Å². The topological polar surface area (TPSA) is 40.6 Å². The molecule has 0 atom stereocenters. The van der Waals surface area contributed by atoms with Gasteiger partial charge in [-0.25, -0.2) is 4.98 Å². The molecule has 1 fully saturated rings. The lowest BCUT2D eigenvalue weighted by atomic mass is 10.2. The van der Waals surface area contributed by atoms with E-state index in [4.69, 9.17) is 17.0 Å². The van der Waals surface area contributed by atoms with Crippen LogP contribution in [0.25, 0.3) is 0 Å². The molecular weight excluding hydrogens is 389 g/mol. The highest BCUT2D eigenvalue weighted by Gasteiger charge is 2.31. The molecule has 0 spiro atoms. The number of methoxy groups -OCH3 is 1. The molecule has 150 valence electrons. The van der Waals surface area contributed by atoms with Crippen molar-refractivity contribution in [3.8, 4) is 5.75 Å². The smallest absolute Gasteiger partial charge is 0.417 e. The molecule has 2 heterocycles. The van der Waals surface area contributed by atoms with E-state index in [1.54, 1.807) is 7.11 Å². The van der Waals surface area contributed by atoms with Gasteiger partial charge in [-0.1, -0.05) is 12.1 Å². The fourth-order valence-electron chi connectivity index (χ4n) is 2.91. The van der Waals surface area contributed by atoms with Crippen molar-refractivity contribution in [3.05, 3.63) is 53.7 Å². The normalized spacial score (nSPS) is 14.7. The molecular formula is C19H21F3N4OS. The average molecular weight is 410 g/mol.